The van der Waals surface area contributed by atoms with Gasteiger partial charge < -0.3 is 5.73 Å². The van der Waals surface area contributed by atoms with Crippen molar-refractivity contribution in [3.05, 3.63) is 46.3 Å². The van der Waals surface area contributed by atoms with E-state index in [-0.39, 0.29) is 11.4 Å². The molecule has 2 rings (SSSR count). The molecule has 0 bridgehead atoms. The molecule has 0 saturated heterocycles. The van der Waals surface area contributed by atoms with E-state index in [1.165, 1.54) is 6.07 Å². The van der Waals surface area contributed by atoms with Gasteiger partial charge in [0.25, 0.3) is 5.69 Å². The van der Waals surface area contributed by atoms with Crippen LogP contribution < -0.4 is 5.73 Å². The standard InChI is InChI=1S/C11H12N4O2S/c1-14-6-9(5-13-14)18-7-8-2-3-11(15(16)17)10(12)4-8/h2-6H,7,12H2,1H3. The summed E-state index contributed by atoms with van der Waals surface area (Å²) in [6.07, 6.45) is 3.69. The first-order valence-corrected chi connectivity index (χ1v) is 6.19. The number of nitro groups is 1. The number of anilines is 1. The molecule has 0 radical (unpaired) electrons. The number of hydrogen-bond donors (Lipinski definition) is 1. The first-order chi connectivity index (χ1) is 8.56. The molecule has 7 heteroatoms. The topological polar surface area (TPSA) is 87.0 Å². The molecule has 0 aliphatic carbocycles. The fourth-order valence-electron chi connectivity index (χ4n) is 1.50. The van der Waals surface area contributed by atoms with Crippen LogP contribution in [-0.2, 0) is 12.8 Å². The lowest BCUT2D eigenvalue weighted by Crippen LogP contribution is -1.96. The Labute approximate surface area is 108 Å². The van der Waals surface area contributed by atoms with E-state index in [9.17, 15) is 10.1 Å². The van der Waals surface area contributed by atoms with Gasteiger partial charge in [-0.15, -0.1) is 11.8 Å². The molecule has 18 heavy (non-hydrogen) atoms. The number of thioether (sulfide) groups is 1. The summed E-state index contributed by atoms with van der Waals surface area (Å²) in [5.41, 5.74) is 6.73. The Morgan fingerprint density at radius 3 is 2.89 bits per heavy atom. The largest absolute Gasteiger partial charge is 0.393 e. The Kier molecular flexibility index (Phi) is 3.52. The molecule has 2 N–H and O–H groups in total. The molecule has 0 spiro atoms. The Morgan fingerprint density at radius 2 is 2.33 bits per heavy atom. The van der Waals surface area contributed by atoms with Gasteiger partial charge in [0.15, 0.2) is 0 Å². The number of nitrogens with zero attached hydrogens (tertiary/aromatic N) is 3. The van der Waals surface area contributed by atoms with Crippen molar-refractivity contribution in [2.75, 3.05) is 5.73 Å². The highest BCUT2D eigenvalue weighted by molar-refractivity contribution is 7.98. The maximum atomic E-state index is 10.6. The van der Waals surface area contributed by atoms with Crippen LogP contribution >= 0.6 is 11.8 Å². The van der Waals surface area contributed by atoms with Crippen LogP contribution in [0, 0.1) is 10.1 Å². The second kappa shape index (κ2) is 5.09. The van der Waals surface area contributed by atoms with E-state index in [0.29, 0.717) is 5.75 Å². The average Bonchev–Trinajstić information content (AvgIpc) is 2.72. The van der Waals surface area contributed by atoms with E-state index in [2.05, 4.69) is 5.10 Å². The van der Waals surface area contributed by atoms with E-state index in [0.717, 1.165) is 10.5 Å². The molecule has 1 aromatic heterocycles. The molecule has 1 aromatic carbocycles. The van der Waals surface area contributed by atoms with Gasteiger partial charge in [-0.05, 0) is 11.6 Å². The highest BCUT2D eigenvalue weighted by Gasteiger charge is 2.11. The normalized spacial score (nSPS) is 10.5. The molecule has 0 saturated carbocycles. The van der Waals surface area contributed by atoms with Crippen LogP contribution in [0.15, 0.2) is 35.5 Å². The first-order valence-electron chi connectivity index (χ1n) is 5.20. The number of nitro benzene ring substituents is 1. The van der Waals surface area contributed by atoms with Crippen molar-refractivity contribution in [3.8, 4) is 0 Å². The van der Waals surface area contributed by atoms with Crippen LogP contribution in [0.3, 0.4) is 0 Å². The van der Waals surface area contributed by atoms with Crippen LogP contribution in [0.4, 0.5) is 11.4 Å². The number of benzene rings is 1. The molecule has 0 amide bonds. The van der Waals surface area contributed by atoms with Gasteiger partial charge in [0.05, 0.1) is 11.1 Å². The third kappa shape index (κ3) is 2.80. The Bertz CT molecular complexity index is 582. The Balaban J connectivity index is 2.06. The lowest BCUT2D eigenvalue weighted by Gasteiger charge is -2.02. The van der Waals surface area contributed by atoms with Crippen LogP contribution in [0.5, 0.6) is 0 Å². The maximum absolute atomic E-state index is 10.6. The number of rotatable bonds is 4. The van der Waals surface area contributed by atoms with Gasteiger partial charge in [-0.3, -0.25) is 14.8 Å². The van der Waals surface area contributed by atoms with Crippen LogP contribution in [-0.4, -0.2) is 14.7 Å². The van der Waals surface area contributed by atoms with E-state index in [1.807, 2.05) is 13.2 Å². The molecule has 94 valence electrons. The summed E-state index contributed by atoms with van der Waals surface area (Å²) < 4.78 is 1.73. The van der Waals surface area contributed by atoms with Crippen LogP contribution in [0.2, 0.25) is 0 Å². The summed E-state index contributed by atoms with van der Waals surface area (Å²) in [7, 11) is 1.86. The second-order valence-electron chi connectivity index (χ2n) is 3.79. The highest BCUT2D eigenvalue weighted by atomic mass is 32.2. The SMILES string of the molecule is Cn1cc(SCc2ccc([N+](=O)[O-])c(N)c2)cn1. The summed E-state index contributed by atoms with van der Waals surface area (Å²) in [5.74, 6) is 0.702. The van der Waals surface area contributed by atoms with E-state index in [1.54, 1.807) is 34.8 Å². The molecule has 0 aliphatic rings. The van der Waals surface area contributed by atoms with Gasteiger partial charge in [0.1, 0.15) is 5.69 Å². The van der Waals surface area contributed by atoms with Gasteiger partial charge in [-0.2, -0.15) is 5.10 Å². The monoisotopic (exact) mass is 264 g/mol. The summed E-state index contributed by atoms with van der Waals surface area (Å²) in [4.78, 5) is 11.2. The predicted molar refractivity (Wildman–Crippen MR) is 70.3 cm³/mol. The molecule has 0 unspecified atom stereocenters. The highest BCUT2D eigenvalue weighted by Crippen LogP contribution is 2.27. The molecular formula is C11H12N4O2S. The summed E-state index contributed by atoms with van der Waals surface area (Å²) in [5, 5.41) is 14.7. The summed E-state index contributed by atoms with van der Waals surface area (Å²) >= 11 is 1.61. The van der Waals surface area contributed by atoms with Crippen molar-refractivity contribution in [2.24, 2.45) is 7.05 Å². The molecule has 0 fully saturated rings. The Hall–Kier alpha value is -2.02. The minimum atomic E-state index is -0.479. The number of nitrogens with two attached hydrogens (primary N) is 1. The zero-order chi connectivity index (χ0) is 13.1. The minimum absolute atomic E-state index is 0.0508. The molecular weight excluding hydrogens is 252 g/mol. The van der Waals surface area contributed by atoms with Crippen LogP contribution in [0.1, 0.15) is 5.56 Å². The first kappa shape index (κ1) is 12.4. The van der Waals surface area contributed by atoms with Gasteiger partial charge in [-0.1, -0.05) is 6.07 Å². The zero-order valence-corrected chi connectivity index (χ0v) is 10.6. The average molecular weight is 264 g/mol. The number of hydrogen-bond acceptors (Lipinski definition) is 5. The lowest BCUT2D eigenvalue weighted by atomic mass is 10.2. The van der Waals surface area contributed by atoms with E-state index >= 15 is 0 Å². The number of aryl methyl sites for hydroxylation is 1. The lowest BCUT2D eigenvalue weighted by molar-refractivity contribution is -0.383. The third-order valence-corrected chi connectivity index (χ3v) is 3.40. The second-order valence-corrected chi connectivity index (χ2v) is 4.84. The summed E-state index contributed by atoms with van der Waals surface area (Å²) in [6, 6.07) is 4.80. The van der Waals surface area contributed by atoms with Crippen molar-refractivity contribution in [1.29, 1.82) is 0 Å². The van der Waals surface area contributed by atoms with E-state index < -0.39 is 4.92 Å². The summed E-state index contributed by atoms with van der Waals surface area (Å²) in [6.45, 7) is 0. The van der Waals surface area contributed by atoms with Gasteiger partial charge in [0, 0.05) is 30.0 Å². The van der Waals surface area contributed by atoms with E-state index in [4.69, 9.17) is 5.73 Å². The van der Waals surface area contributed by atoms with Crippen molar-refractivity contribution in [1.82, 2.24) is 9.78 Å². The molecule has 0 aliphatic heterocycles. The molecule has 2 aromatic rings. The van der Waals surface area contributed by atoms with Crippen molar-refractivity contribution >= 4 is 23.1 Å². The van der Waals surface area contributed by atoms with Gasteiger partial charge >= 0.3 is 0 Å². The quantitative estimate of drug-likeness (QED) is 0.396. The number of aromatic nitrogens is 2. The van der Waals surface area contributed by atoms with Gasteiger partial charge in [0.2, 0.25) is 0 Å². The smallest absolute Gasteiger partial charge is 0.292 e. The zero-order valence-electron chi connectivity index (χ0n) is 9.74. The molecule has 0 atom stereocenters. The molecule has 6 nitrogen and oxygen atoms in total. The number of nitrogen functional groups attached to an aromatic ring is 1. The van der Waals surface area contributed by atoms with Gasteiger partial charge in [-0.25, -0.2) is 0 Å². The maximum Gasteiger partial charge on any atom is 0.292 e. The fourth-order valence-corrected chi connectivity index (χ4v) is 2.36. The third-order valence-electron chi connectivity index (χ3n) is 2.38. The predicted octanol–water partition coefficient (Wildman–Crippen LogP) is 2.20. The van der Waals surface area contributed by atoms with Crippen molar-refractivity contribution in [2.45, 2.75) is 10.6 Å². The fraction of sp³-hybridized carbons (Fsp3) is 0.182. The van der Waals surface area contributed by atoms with Crippen LogP contribution in [0.25, 0.3) is 0 Å². The Morgan fingerprint density at radius 1 is 1.56 bits per heavy atom. The van der Waals surface area contributed by atoms with Crippen molar-refractivity contribution in [3.63, 3.8) is 0 Å². The van der Waals surface area contributed by atoms with Crippen molar-refractivity contribution < 1.29 is 4.92 Å². The molecule has 1 heterocycles. The minimum Gasteiger partial charge on any atom is -0.393 e.